The summed E-state index contributed by atoms with van der Waals surface area (Å²) < 4.78 is 6.33. The number of ether oxygens (including phenoxy) is 1. The second kappa shape index (κ2) is 7.22. The number of benzene rings is 2. The summed E-state index contributed by atoms with van der Waals surface area (Å²) >= 11 is 0. The number of nitrogens with zero attached hydrogens (tertiary/aromatic N) is 2. The van der Waals surface area contributed by atoms with Crippen LogP contribution in [0.1, 0.15) is 71.1 Å². The Kier molecular flexibility index (Phi) is 4.61. The van der Waals surface area contributed by atoms with Crippen molar-refractivity contribution >= 4 is 22.7 Å². The quantitative estimate of drug-likeness (QED) is 0.659. The van der Waals surface area contributed by atoms with E-state index in [1.54, 1.807) is 0 Å². The Morgan fingerprint density at radius 1 is 1.16 bits per heavy atom. The smallest absolute Gasteiger partial charge is 0.253 e. The topological polar surface area (TPSA) is 75.3 Å². The minimum Gasteiger partial charge on any atom is -0.486 e. The van der Waals surface area contributed by atoms with Crippen LogP contribution in [0.2, 0.25) is 0 Å². The molecule has 0 atom stereocenters. The molecule has 160 valence electrons. The lowest BCUT2D eigenvalue weighted by molar-refractivity contribution is -0.00572. The Bertz CT molecular complexity index is 1190. The van der Waals surface area contributed by atoms with E-state index in [2.05, 4.69) is 23.8 Å². The van der Waals surface area contributed by atoms with E-state index >= 15 is 0 Å². The lowest BCUT2D eigenvalue weighted by Crippen LogP contribution is -2.52. The second-order valence-corrected chi connectivity index (χ2v) is 9.19. The summed E-state index contributed by atoms with van der Waals surface area (Å²) in [6, 6.07) is 11.4. The van der Waals surface area contributed by atoms with Crippen molar-refractivity contribution in [2.45, 2.75) is 51.6 Å². The van der Waals surface area contributed by atoms with Gasteiger partial charge in [0.05, 0.1) is 23.0 Å². The average molecular weight is 418 g/mol. The molecule has 1 saturated heterocycles. The third-order valence-electron chi connectivity index (χ3n) is 6.50. The number of fused-ring (bicyclic) bond motifs is 2. The maximum Gasteiger partial charge on any atom is 0.253 e. The minimum atomic E-state index is -0.504. The van der Waals surface area contributed by atoms with E-state index in [0.717, 1.165) is 22.4 Å². The molecule has 1 fully saturated rings. The van der Waals surface area contributed by atoms with Gasteiger partial charge in [0, 0.05) is 37.4 Å². The van der Waals surface area contributed by atoms with Crippen molar-refractivity contribution < 1.29 is 14.3 Å². The number of likely N-dealkylation sites (tertiary alicyclic amines) is 1. The Morgan fingerprint density at radius 3 is 2.68 bits per heavy atom. The van der Waals surface area contributed by atoms with Gasteiger partial charge in [0.1, 0.15) is 17.2 Å². The summed E-state index contributed by atoms with van der Waals surface area (Å²) in [6.07, 6.45) is 1.69. The van der Waals surface area contributed by atoms with Crippen molar-refractivity contribution in [1.29, 1.82) is 0 Å². The molecular weight excluding hydrogens is 390 g/mol. The zero-order valence-electron chi connectivity index (χ0n) is 18.2. The monoisotopic (exact) mass is 417 g/mol. The number of aromatic nitrogens is 2. The number of aromatic amines is 1. The van der Waals surface area contributed by atoms with Crippen molar-refractivity contribution in [3.05, 3.63) is 58.9 Å². The summed E-state index contributed by atoms with van der Waals surface area (Å²) in [7, 11) is 0. The largest absolute Gasteiger partial charge is 0.486 e. The van der Waals surface area contributed by atoms with E-state index in [9.17, 15) is 9.59 Å². The summed E-state index contributed by atoms with van der Waals surface area (Å²) in [6.45, 7) is 7.30. The molecule has 6 nitrogen and oxygen atoms in total. The normalized spacial score (nSPS) is 17.8. The molecule has 0 unspecified atom stereocenters. The standard InChI is InChI=1S/C25H27N3O3/c1-15(2)23-26-19-6-5-17(13-20(19)27-23)24(30)28-10-8-25(9-11-28)14-21(29)18-12-16(3)4-7-22(18)31-25/h4-7,12-13,15H,8-11,14H2,1-3H3,(H,26,27). The maximum absolute atomic E-state index is 13.1. The molecule has 1 spiro atoms. The van der Waals surface area contributed by atoms with Crippen LogP contribution >= 0.6 is 0 Å². The van der Waals surface area contributed by atoms with Crippen LogP contribution in [-0.2, 0) is 0 Å². The molecular formula is C25H27N3O3. The Morgan fingerprint density at radius 2 is 1.94 bits per heavy atom. The van der Waals surface area contributed by atoms with Gasteiger partial charge in [0.25, 0.3) is 5.91 Å². The number of H-pyrrole nitrogens is 1. The highest BCUT2D eigenvalue weighted by molar-refractivity contribution is 6.01. The summed E-state index contributed by atoms with van der Waals surface area (Å²) in [5, 5.41) is 0. The lowest BCUT2D eigenvalue weighted by Gasteiger charge is -2.44. The van der Waals surface area contributed by atoms with Crippen molar-refractivity contribution in [3.8, 4) is 5.75 Å². The average Bonchev–Trinajstić information content (AvgIpc) is 3.18. The van der Waals surface area contributed by atoms with Crippen molar-refractivity contribution in [1.82, 2.24) is 14.9 Å². The van der Waals surface area contributed by atoms with E-state index in [-0.39, 0.29) is 11.7 Å². The number of hydrogen-bond donors (Lipinski definition) is 1. The van der Waals surface area contributed by atoms with Gasteiger partial charge in [-0.05, 0) is 37.3 Å². The minimum absolute atomic E-state index is 0.00982. The third kappa shape index (κ3) is 3.50. The zero-order valence-corrected chi connectivity index (χ0v) is 18.2. The van der Waals surface area contributed by atoms with Gasteiger partial charge in [0.2, 0.25) is 0 Å². The number of amides is 1. The molecule has 1 aromatic heterocycles. The summed E-state index contributed by atoms with van der Waals surface area (Å²) in [5.74, 6) is 2.05. The number of ketones is 1. The van der Waals surface area contributed by atoms with E-state index < -0.39 is 5.60 Å². The number of hydrogen-bond acceptors (Lipinski definition) is 4. The fourth-order valence-electron chi connectivity index (χ4n) is 4.62. The number of rotatable bonds is 2. The van der Waals surface area contributed by atoms with Crippen LogP contribution in [0.5, 0.6) is 5.75 Å². The number of imidazole rings is 1. The lowest BCUT2D eigenvalue weighted by atomic mass is 9.82. The van der Waals surface area contributed by atoms with Gasteiger partial charge in [0.15, 0.2) is 5.78 Å². The molecule has 1 amide bonds. The van der Waals surface area contributed by atoms with E-state index in [1.165, 1.54) is 0 Å². The number of aryl methyl sites for hydroxylation is 1. The molecule has 0 bridgehead atoms. The van der Waals surface area contributed by atoms with Crippen LogP contribution in [-0.4, -0.2) is 45.2 Å². The number of piperidine rings is 1. The van der Waals surface area contributed by atoms with E-state index in [4.69, 9.17) is 4.74 Å². The molecule has 3 heterocycles. The zero-order chi connectivity index (χ0) is 21.8. The van der Waals surface area contributed by atoms with Crippen LogP contribution in [0.3, 0.4) is 0 Å². The highest BCUT2D eigenvalue weighted by Crippen LogP contribution is 2.39. The number of Topliss-reactive ketones (excluding diaryl/α,β-unsaturated/α-hetero) is 1. The van der Waals surface area contributed by atoms with Crippen LogP contribution in [0.4, 0.5) is 0 Å². The summed E-state index contributed by atoms with van der Waals surface area (Å²) in [5.41, 5.74) is 3.65. The van der Waals surface area contributed by atoms with Gasteiger partial charge in [-0.15, -0.1) is 0 Å². The number of nitrogens with one attached hydrogen (secondary N) is 1. The first kappa shape index (κ1) is 19.8. The van der Waals surface area contributed by atoms with Crippen LogP contribution in [0.15, 0.2) is 36.4 Å². The fourth-order valence-corrected chi connectivity index (χ4v) is 4.62. The van der Waals surface area contributed by atoms with E-state index in [0.29, 0.717) is 55.1 Å². The highest BCUT2D eigenvalue weighted by Gasteiger charge is 2.43. The Hall–Kier alpha value is -3.15. The Balaban J connectivity index is 1.31. The van der Waals surface area contributed by atoms with Crippen LogP contribution in [0, 0.1) is 6.92 Å². The Labute approximate surface area is 181 Å². The molecule has 5 rings (SSSR count). The molecule has 6 heteroatoms. The van der Waals surface area contributed by atoms with Gasteiger partial charge >= 0.3 is 0 Å². The molecule has 2 aliphatic rings. The van der Waals surface area contributed by atoms with Gasteiger partial charge in [-0.3, -0.25) is 9.59 Å². The first-order valence-electron chi connectivity index (χ1n) is 11.0. The van der Waals surface area contributed by atoms with Gasteiger partial charge in [-0.1, -0.05) is 25.5 Å². The molecule has 0 aliphatic carbocycles. The molecule has 0 radical (unpaired) electrons. The third-order valence-corrected chi connectivity index (χ3v) is 6.50. The van der Waals surface area contributed by atoms with Crippen molar-refractivity contribution in [3.63, 3.8) is 0 Å². The van der Waals surface area contributed by atoms with E-state index in [1.807, 2.05) is 48.2 Å². The molecule has 2 aliphatic heterocycles. The van der Waals surface area contributed by atoms with Crippen LogP contribution in [0.25, 0.3) is 11.0 Å². The highest BCUT2D eigenvalue weighted by atomic mass is 16.5. The maximum atomic E-state index is 13.1. The molecule has 3 aromatic rings. The molecule has 0 saturated carbocycles. The second-order valence-electron chi connectivity index (χ2n) is 9.19. The number of carbonyl (C=O) groups is 2. The number of carbonyl (C=O) groups excluding carboxylic acids is 2. The predicted octanol–water partition coefficient (Wildman–Crippen LogP) is 4.63. The van der Waals surface area contributed by atoms with Gasteiger partial charge in [-0.25, -0.2) is 4.98 Å². The fraction of sp³-hybridized carbons (Fsp3) is 0.400. The molecule has 1 N–H and O–H groups in total. The van der Waals surface area contributed by atoms with Crippen molar-refractivity contribution in [2.24, 2.45) is 0 Å². The molecule has 31 heavy (non-hydrogen) atoms. The predicted molar refractivity (Wildman–Crippen MR) is 119 cm³/mol. The van der Waals surface area contributed by atoms with Gasteiger partial charge in [-0.2, -0.15) is 0 Å². The molecule has 2 aromatic carbocycles. The van der Waals surface area contributed by atoms with Crippen molar-refractivity contribution in [2.75, 3.05) is 13.1 Å². The first-order chi connectivity index (χ1) is 14.8. The SMILES string of the molecule is Cc1ccc2c(c1)C(=O)CC1(CCN(C(=O)c3ccc4nc(C(C)C)[nH]c4c3)CC1)O2. The van der Waals surface area contributed by atoms with Crippen LogP contribution < -0.4 is 4.74 Å². The first-order valence-corrected chi connectivity index (χ1v) is 11.0. The van der Waals surface area contributed by atoms with Gasteiger partial charge < -0.3 is 14.6 Å². The summed E-state index contributed by atoms with van der Waals surface area (Å²) in [4.78, 5) is 35.7.